The number of rotatable bonds is 5. The molecule has 60 heavy (non-hydrogen) atoms. The maximum atomic E-state index is 5.40. The van der Waals surface area contributed by atoms with Crippen molar-refractivity contribution in [3.05, 3.63) is 206 Å². The topological polar surface area (TPSA) is 51.6 Å². The monoisotopic (exact) mass is 762 g/mol. The summed E-state index contributed by atoms with van der Waals surface area (Å²) in [5.41, 5.74) is 8.11. The van der Waals surface area contributed by atoms with E-state index < -0.39 is 0 Å². The molecular formula is C56H34N4. The van der Waals surface area contributed by atoms with E-state index in [9.17, 15) is 0 Å². The summed E-state index contributed by atoms with van der Waals surface area (Å²) in [6, 6.07) is 72.8. The largest absolute Gasteiger partial charge is 0.247 e. The third kappa shape index (κ3) is 5.53. The highest BCUT2D eigenvalue weighted by molar-refractivity contribution is 6.33. The van der Waals surface area contributed by atoms with Crippen LogP contribution in [0.3, 0.4) is 0 Å². The molecule has 0 saturated carbocycles. The lowest BCUT2D eigenvalue weighted by atomic mass is 9.89. The first-order chi connectivity index (χ1) is 29.7. The van der Waals surface area contributed by atoms with Gasteiger partial charge in [0, 0.05) is 38.4 Å². The summed E-state index contributed by atoms with van der Waals surface area (Å²) in [6.07, 6.45) is 0. The Morgan fingerprint density at radius 2 is 0.700 bits per heavy atom. The lowest BCUT2D eigenvalue weighted by molar-refractivity contribution is 1.08. The highest BCUT2D eigenvalue weighted by Crippen LogP contribution is 2.43. The zero-order valence-electron chi connectivity index (χ0n) is 32.4. The van der Waals surface area contributed by atoms with Gasteiger partial charge in [0.15, 0.2) is 17.5 Å². The second kappa shape index (κ2) is 13.8. The molecule has 0 aliphatic heterocycles. The maximum absolute atomic E-state index is 5.40. The fourth-order valence-corrected chi connectivity index (χ4v) is 9.08. The van der Waals surface area contributed by atoms with Crippen LogP contribution in [0.15, 0.2) is 206 Å². The quantitative estimate of drug-likeness (QED) is 0.164. The number of nitrogens with zero attached hydrogens (tertiary/aromatic N) is 4. The molecule has 0 spiro atoms. The normalized spacial score (nSPS) is 11.7. The average molecular weight is 763 g/mol. The third-order valence-electron chi connectivity index (χ3n) is 11.9. The number of fused-ring (bicyclic) bond motifs is 10. The summed E-state index contributed by atoms with van der Waals surface area (Å²) in [6.45, 7) is 0. The lowest BCUT2D eigenvalue weighted by Gasteiger charge is -2.16. The van der Waals surface area contributed by atoms with Crippen molar-refractivity contribution in [2.75, 3.05) is 0 Å². The fraction of sp³-hybridized carbons (Fsp3) is 0. The van der Waals surface area contributed by atoms with Crippen molar-refractivity contribution < 1.29 is 0 Å². The number of aromatic nitrogens is 4. The van der Waals surface area contributed by atoms with E-state index in [1.54, 1.807) is 0 Å². The van der Waals surface area contributed by atoms with Crippen LogP contribution in [0.4, 0.5) is 0 Å². The number of hydrogen-bond acceptors (Lipinski definition) is 4. The first kappa shape index (κ1) is 34.0. The summed E-state index contributed by atoms with van der Waals surface area (Å²) in [5, 5.41) is 13.0. The molecule has 12 aromatic rings. The third-order valence-corrected chi connectivity index (χ3v) is 11.9. The van der Waals surface area contributed by atoms with Crippen LogP contribution >= 0.6 is 0 Å². The van der Waals surface area contributed by atoms with Gasteiger partial charge in [0.1, 0.15) is 0 Å². The molecule has 12 rings (SSSR count). The maximum Gasteiger partial charge on any atom is 0.164 e. The Balaban J connectivity index is 1.00. The van der Waals surface area contributed by atoms with Crippen molar-refractivity contribution in [2.45, 2.75) is 0 Å². The first-order valence-electron chi connectivity index (χ1n) is 20.3. The van der Waals surface area contributed by atoms with Gasteiger partial charge < -0.3 is 0 Å². The van der Waals surface area contributed by atoms with Crippen LogP contribution in [0.2, 0.25) is 0 Å². The van der Waals surface area contributed by atoms with Crippen LogP contribution in [0.5, 0.6) is 0 Å². The number of benzene rings is 10. The van der Waals surface area contributed by atoms with E-state index in [1.165, 1.54) is 32.3 Å². The smallest absolute Gasteiger partial charge is 0.164 e. The number of pyridine rings is 1. The van der Waals surface area contributed by atoms with E-state index in [1.807, 2.05) is 0 Å². The highest BCUT2D eigenvalue weighted by atomic mass is 15.0. The van der Waals surface area contributed by atoms with Gasteiger partial charge in [-0.25, -0.2) is 19.9 Å². The molecule has 278 valence electrons. The van der Waals surface area contributed by atoms with Gasteiger partial charge in [0.2, 0.25) is 0 Å². The molecular weight excluding hydrogens is 729 g/mol. The molecule has 0 aliphatic rings. The molecule has 10 aromatic carbocycles. The molecule has 4 heteroatoms. The average Bonchev–Trinajstić information content (AvgIpc) is 3.33. The van der Waals surface area contributed by atoms with Gasteiger partial charge in [0.05, 0.1) is 11.2 Å². The Labute approximate surface area is 346 Å². The predicted octanol–water partition coefficient (Wildman–Crippen LogP) is 14.5. The molecule has 0 aliphatic carbocycles. The molecule has 0 amide bonds. The molecule has 0 bridgehead atoms. The minimum absolute atomic E-state index is 0.627. The van der Waals surface area contributed by atoms with Gasteiger partial charge in [0.25, 0.3) is 0 Å². The standard InChI is InChI=1S/C56H34N4/c1-3-20-41-36(14-1)16-12-27-47(41)55-58-54(59-56(60-55)48-28-13-17-37-15-2-4-21-42(37)48)38-32-30-35(31-33-38)39-18-11-19-40(34-39)53-52-46-25-8-6-23-44(46)43-22-5-7-24-45(43)51(52)49-26-9-10-29-50(49)57-53/h1-34H. The molecule has 0 radical (unpaired) electrons. The van der Waals surface area contributed by atoms with Crippen molar-refractivity contribution >= 4 is 64.8 Å². The summed E-state index contributed by atoms with van der Waals surface area (Å²) in [5.74, 6) is 1.92. The van der Waals surface area contributed by atoms with Crippen LogP contribution in [0, 0.1) is 0 Å². The Bertz CT molecular complexity index is 3560. The van der Waals surface area contributed by atoms with Crippen molar-refractivity contribution in [1.29, 1.82) is 0 Å². The van der Waals surface area contributed by atoms with Crippen LogP contribution < -0.4 is 0 Å². The Morgan fingerprint density at radius 1 is 0.250 bits per heavy atom. The van der Waals surface area contributed by atoms with Crippen molar-refractivity contribution in [3.63, 3.8) is 0 Å². The first-order valence-corrected chi connectivity index (χ1v) is 20.3. The second-order valence-electron chi connectivity index (χ2n) is 15.3. The van der Waals surface area contributed by atoms with Crippen LogP contribution in [-0.2, 0) is 0 Å². The predicted molar refractivity (Wildman–Crippen MR) is 250 cm³/mol. The van der Waals surface area contributed by atoms with E-state index >= 15 is 0 Å². The van der Waals surface area contributed by atoms with Gasteiger partial charge >= 0.3 is 0 Å². The minimum atomic E-state index is 0.627. The number of para-hydroxylation sites is 1. The molecule has 0 unspecified atom stereocenters. The van der Waals surface area contributed by atoms with E-state index in [4.69, 9.17) is 19.9 Å². The zero-order chi connectivity index (χ0) is 39.6. The molecule has 0 saturated heterocycles. The lowest BCUT2D eigenvalue weighted by Crippen LogP contribution is -2.01. The second-order valence-corrected chi connectivity index (χ2v) is 15.3. The molecule has 0 atom stereocenters. The van der Waals surface area contributed by atoms with Gasteiger partial charge in [-0.15, -0.1) is 0 Å². The van der Waals surface area contributed by atoms with E-state index in [-0.39, 0.29) is 0 Å². The molecule has 0 fully saturated rings. The van der Waals surface area contributed by atoms with Crippen molar-refractivity contribution in [2.24, 2.45) is 0 Å². The highest BCUT2D eigenvalue weighted by Gasteiger charge is 2.19. The van der Waals surface area contributed by atoms with E-state index in [2.05, 4.69) is 206 Å². The molecule has 2 heterocycles. The Hall–Kier alpha value is -8.08. The Morgan fingerprint density at radius 3 is 1.33 bits per heavy atom. The zero-order valence-corrected chi connectivity index (χ0v) is 32.4. The summed E-state index contributed by atoms with van der Waals surface area (Å²) >= 11 is 0. The fourth-order valence-electron chi connectivity index (χ4n) is 9.08. The summed E-state index contributed by atoms with van der Waals surface area (Å²) in [7, 11) is 0. The SMILES string of the molecule is c1cc(-c2ccc(-c3nc(-c4cccc5ccccc45)nc(-c4cccc5ccccc45)n3)cc2)cc(-c2nc3ccccc3c3c4ccccc4c4ccccc4c23)c1. The summed E-state index contributed by atoms with van der Waals surface area (Å²) in [4.78, 5) is 20.9. The van der Waals surface area contributed by atoms with Gasteiger partial charge in [-0.2, -0.15) is 0 Å². The van der Waals surface area contributed by atoms with Gasteiger partial charge in [-0.05, 0) is 66.3 Å². The number of hydrogen-bond donors (Lipinski definition) is 0. The van der Waals surface area contributed by atoms with Gasteiger partial charge in [-0.3, -0.25) is 0 Å². The molecule has 0 N–H and O–H groups in total. The molecule has 4 nitrogen and oxygen atoms in total. The minimum Gasteiger partial charge on any atom is -0.247 e. The van der Waals surface area contributed by atoms with E-state index in [0.29, 0.717) is 17.5 Å². The van der Waals surface area contributed by atoms with Crippen LogP contribution in [0.1, 0.15) is 0 Å². The summed E-state index contributed by atoms with van der Waals surface area (Å²) < 4.78 is 0. The van der Waals surface area contributed by atoms with E-state index in [0.717, 1.165) is 71.5 Å². The van der Waals surface area contributed by atoms with Gasteiger partial charge in [-0.1, -0.05) is 194 Å². The Kier molecular flexibility index (Phi) is 7.82. The van der Waals surface area contributed by atoms with Crippen LogP contribution in [-0.4, -0.2) is 19.9 Å². The molecule has 2 aromatic heterocycles. The van der Waals surface area contributed by atoms with Crippen molar-refractivity contribution in [1.82, 2.24) is 19.9 Å². The van der Waals surface area contributed by atoms with Crippen LogP contribution in [0.25, 0.3) is 121 Å². The van der Waals surface area contributed by atoms with Crippen molar-refractivity contribution in [3.8, 4) is 56.5 Å².